The molecule has 3 heterocycles. The van der Waals surface area contributed by atoms with E-state index < -0.39 is 103 Å². The van der Waals surface area contributed by atoms with Crippen LogP contribution in [-0.2, 0) is 55.5 Å². The van der Waals surface area contributed by atoms with Gasteiger partial charge in [0.15, 0.2) is 22.8 Å². The Morgan fingerprint density at radius 1 is 1.07 bits per heavy atom. The largest absolute Gasteiger partial charge is 0.550 e. The van der Waals surface area contributed by atoms with Crippen LogP contribution in [0.4, 0.5) is 5.82 Å². The first-order valence-corrected chi connectivity index (χ1v) is 24.0. The Morgan fingerprint density at radius 3 is 2.38 bits per heavy atom. The lowest BCUT2D eigenvalue weighted by Gasteiger charge is -2.30. The molecule has 9 atom stereocenters. The van der Waals surface area contributed by atoms with Crippen LogP contribution in [0.3, 0.4) is 0 Å². The second kappa shape index (κ2) is 22.6. The average molecular weight is 951 g/mol. The van der Waals surface area contributed by atoms with Crippen molar-refractivity contribution in [2.24, 2.45) is 17.3 Å². The van der Waals surface area contributed by atoms with E-state index in [0.717, 1.165) is 41.8 Å². The number of phosphoric ester groups is 3. The van der Waals surface area contributed by atoms with Crippen molar-refractivity contribution in [1.29, 1.82) is 0 Å². The van der Waals surface area contributed by atoms with Gasteiger partial charge in [-0.05, 0) is 18.8 Å². The fourth-order valence-corrected chi connectivity index (χ4v) is 9.58. The Morgan fingerprint density at radius 2 is 1.74 bits per heavy atom. The van der Waals surface area contributed by atoms with Gasteiger partial charge in [0.1, 0.15) is 36.3 Å². The fourth-order valence-electron chi connectivity index (χ4n) is 5.81. The van der Waals surface area contributed by atoms with Gasteiger partial charge in [-0.2, -0.15) is 4.31 Å². The standard InChI is InChI=1S/C31H52N7O19P3S/c1-5-6-7-17(2)18(12-21(40)41)30(45)61-11-10-33-20(39)8-9-34-28(44)25(43)31(3,4)14-54-60(51,52)57-59(49,50)53-13-19-24(56-58(46,47)48)23(42)29(55-19)38-16-37-22-26(32)35-15-36-27(22)38/h15-19,23-25,29,42-43H,5-14H2,1-4H3,(H,33,39)(H,34,44)(H,40,41)(H,49,50)(H,51,52)(H2,32,35,36)(H2,46,47,48)/p-1. The van der Waals surface area contributed by atoms with E-state index in [-0.39, 0.29) is 53.3 Å². The topological polar surface area (TPSA) is 404 Å². The predicted octanol–water partition coefficient (Wildman–Crippen LogP) is -0.753. The molecule has 1 aliphatic rings. The highest BCUT2D eigenvalue weighted by Gasteiger charge is 2.50. The molecule has 2 aromatic rings. The normalized spacial score (nSPS) is 21.9. The molecule has 0 aromatic carbocycles. The van der Waals surface area contributed by atoms with Crippen LogP contribution in [0.2, 0.25) is 0 Å². The van der Waals surface area contributed by atoms with E-state index in [1.807, 2.05) is 13.8 Å². The van der Waals surface area contributed by atoms with Crippen LogP contribution in [0, 0.1) is 17.3 Å². The summed E-state index contributed by atoms with van der Waals surface area (Å²) in [6, 6.07) is 0. The Hall–Kier alpha value is -2.97. The van der Waals surface area contributed by atoms with Crippen LogP contribution in [0.1, 0.15) is 66.0 Å². The van der Waals surface area contributed by atoms with Gasteiger partial charge in [0, 0.05) is 42.6 Å². The summed E-state index contributed by atoms with van der Waals surface area (Å²) in [6.45, 7) is 3.98. The van der Waals surface area contributed by atoms with Gasteiger partial charge in [0.2, 0.25) is 11.8 Å². The van der Waals surface area contributed by atoms with Crippen molar-refractivity contribution >= 4 is 75.1 Å². The number of nitrogens with zero attached hydrogens (tertiary/aromatic N) is 4. The molecule has 0 spiro atoms. The smallest absolute Gasteiger partial charge is 0.481 e. The van der Waals surface area contributed by atoms with E-state index in [1.165, 1.54) is 13.8 Å². The highest BCUT2D eigenvalue weighted by atomic mass is 32.2. The van der Waals surface area contributed by atoms with Crippen molar-refractivity contribution < 1.29 is 90.4 Å². The monoisotopic (exact) mass is 950 g/mol. The van der Waals surface area contributed by atoms with Crippen LogP contribution >= 0.6 is 35.2 Å². The number of phosphoric acid groups is 3. The van der Waals surface area contributed by atoms with Crippen molar-refractivity contribution in [3.8, 4) is 0 Å². The second-order valence-corrected chi connectivity index (χ2v) is 19.9. The molecule has 2 amide bonds. The van der Waals surface area contributed by atoms with Gasteiger partial charge in [0.25, 0.3) is 0 Å². The number of nitrogens with two attached hydrogens (primary N) is 1. The number of carbonyl (C=O) groups is 4. The van der Waals surface area contributed by atoms with Crippen molar-refractivity contribution in [3.63, 3.8) is 0 Å². The summed E-state index contributed by atoms with van der Waals surface area (Å²) in [5.41, 5.74) is 4.20. The minimum Gasteiger partial charge on any atom is -0.550 e. The van der Waals surface area contributed by atoms with Crippen molar-refractivity contribution in [3.05, 3.63) is 12.7 Å². The number of unbranched alkanes of at least 4 members (excludes halogenated alkanes) is 1. The number of amides is 2. The van der Waals surface area contributed by atoms with Crippen LogP contribution in [0.25, 0.3) is 11.2 Å². The number of imidazole rings is 1. The van der Waals surface area contributed by atoms with Crippen LogP contribution in [0.5, 0.6) is 0 Å². The summed E-state index contributed by atoms with van der Waals surface area (Å²) in [6.07, 6.45) is -5.11. The number of hydrogen-bond donors (Lipinski definition) is 9. The minimum absolute atomic E-state index is 0.0190. The van der Waals surface area contributed by atoms with Gasteiger partial charge in [-0.15, -0.1) is 0 Å². The van der Waals surface area contributed by atoms with Gasteiger partial charge in [0.05, 0.1) is 19.5 Å². The highest BCUT2D eigenvalue weighted by molar-refractivity contribution is 8.13. The number of carbonyl (C=O) groups excluding carboxylic acids is 4. The molecule has 9 unspecified atom stereocenters. The SMILES string of the molecule is CCCCC(C)C(CC(=O)[O-])C(=O)SCCNC(=O)CCNC(=O)C(O)C(C)(C)COP(=O)(O)OP(=O)(O)OCC1OC(n2cnc3c(N)ncnc32)C(O)C1OP(=O)(O)O. The number of aliphatic hydroxyl groups is 2. The molecule has 30 heteroatoms. The third kappa shape index (κ3) is 16.3. The van der Waals surface area contributed by atoms with Gasteiger partial charge in [-0.3, -0.25) is 32.5 Å². The van der Waals surface area contributed by atoms with Crippen LogP contribution in [0.15, 0.2) is 12.7 Å². The average Bonchev–Trinajstić information content (AvgIpc) is 3.72. The zero-order valence-corrected chi connectivity index (χ0v) is 36.9. The van der Waals surface area contributed by atoms with Crippen molar-refractivity contribution in [2.75, 3.05) is 37.8 Å². The summed E-state index contributed by atoms with van der Waals surface area (Å²) < 4.78 is 62.2. The Bertz CT molecular complexity index is 1990. The fraction of sp³-hybridized carbons (Fsp3) is 0.710. The van der Waals surface area contributed by atoms with Crippen LogP contribution in [-0.4, -0.2) is 129 Å². The lowest BCUT2D eigenvalue weighted by atomic mass is 9.87. The van der Waals surface area contributed by atoms with Crippen molar-refractivity contribution in [2.45, 2.75) is 90.4 Å². The predicted molar refractivity (Wildman–Crippen MR) is 209 cm³/mol. The third-order valence-corrected chi connectivity index (χ3v) is 13.2. The molecule has 0 radical (unpaired) electrons. The molecular weight excluding hydrogens is 899 g/mol. The van der Waals surface area contributed by atoms with Gasteiger partial charge < -0.3 is 60.8 Å². The van der Waals surface area contributed by atoms with Gasteiger partial charge >= 0.3 is 23.5 Å². The number of hydrogen-bond acceptors (Lipinski definition) is 20. The number of aliphatic hydroxyl groups excluding tert-OH is 2. The van der Waals surface area contributed by atoms with E-state index in [4.69, 9.17) is 19.5 Å². The molecule has 26 nitrogen and oxygen atoms in total. The molecule has 0 saturated carbocycles. The number of ether oxygens (including phenoxy) is 1. The molecule has 1 fully saturated rings. The first-order chi connectivity index (χ1) is 28.3. The summed E-state index contributed by atoms with van der Waals surface area (Å²) in [4.78, 5) is 99.8. The maximum atomic E-state index is 12.7. The second-order valence-electron chi connectivity index (χ2n) is 14.5. The van der Waals surface area contributed by atoms with E-state index in [1.54, 1.807) is 0 Å². The lowest BCUT2D eigenvalue weighted by Crippen LogP contribution is -2.46. The number of aromatic nitrogens is 4. The molecule has 346 valence electrons. The zero-order chi connectivity index (χ0) is 45.9. The number of anilines is 1. The lowest BCUT2D eigenvalue weighted by molar-refractivity contribution is -0.306. The number of fused-ring (bicyclic) bond motifs is 1. The first kappa shape index (κ1) is 52.4. The van der Waals surface area contributed by atoms with Crippen molar-refractivity contribution in [1.82, 2.24) is 30.2 Å². The first-order valence-electron chi connectivity index (χ1n) is 18.5. The number of nitrogen functional groups attached to an aromatic ring is 1. The van der Waals surface area contributed by atoms with E-state index in [9.17, 15) is 67.8 Å². The Balaban J connectivity index is 1.46. The number of thioether (sulfide) groups is 1. The quantitative estimate of drug-likeness (QED) is 0.0414. The van der Waals surface area contributed by atoms with Gasteiger partial charge in [-0.1, -0.05) is 52.3 Å². The molecule has 2 aromatic heterocycles. The number of rotatable bonds is 26. The molecule has 1 aliphatic heterocycles. The van der Waals surface area contributed by atoms with E-state index in [0.29, 0.717) is 6.42 Å². The summed E-state index contributed by atoms with van der Waals surface area (Å²) in [7, 11) is -16.5. The summed E-state index contributed by atoms with van der Waals surface area (Å²) in [5.74, 6) is -3.64. The maximum Gasteiger partial charge on any atom is 0.481 e. The number of carboxylic acid groups (broad SMARTS) is 1. The molecule has 3 rings (SSSR count). The molecule has 61 heavy (non-hydrogen) atoms. The summed E-state index contributed by atoms with van der Waals surface area (Å²) >= 11 is 0.891. The molecule has 0 bridgehead atoms. The highest BCUT2D eigenvalue weighted by Crippen LogP contribution is 2.61. The number of nitrogens with one attached hydrogen (secondary N) is 2. The Kier molecular flexibility index (Phi) is 19.4. The number of carboxylic acids is 1. The molecule has 0 aliphatic carbocycles. The maximum absolute atomic E-state index is 12.7. The number of aliphatic carboxylic acids is 1. The Labute approximate surface area is 353 Å². The van der Waals surface area contributed by atoms with E-state index >= 15 is 0 Å². The van der Waals surface area contributed by atoms with Crippen LogP contribution < -0.4 is 21.5 Å². The minimum atomic E-state index is -5.60. The molecule has 1 saturated heterocycles. The van der Waals surface area contributed by atoms with Gasteiger partial charge in [-0.25, -0.2) is 28.6 Å². The third-order valence-electron chi connectivity index (χ3n) is 9.14. The zero-order valence-electron chi connectivity index (χ0n) is 33.4. The summed E-state index contributed by atoms with van der Waals surface area (Å²) in [5, 5.41) is 37.2. The molecule has 10 N–H and O–H groups in total. The van der Waals surface area contributed by atoms with E-state index in [2.05, 4.69) is 34.4 Å². The molecular formula is C31H51N7O19P3S-.